The summed E-state index contributed by atoms with van der Waals surface area (Å²) in [6.07, 6.45) is 0. The predicted molar refractivity (Wildman–Crippen MR) is 73.1 cm³/mol. The molecule has 2 nitrogen and oxygen atoms in total. The molecule has 19 heavy (non-hydrogen) atoms. The fourth-order valence-corrected chi connectivity index (χ4v) is 2.27. The molecule has 2 N–H and O–H groups in total. The molecule has 2 rings (SSSR count). The van der Waals surface area contributed by atoms with Crippen LogP contribution in [0.4, 0.5) is 14.5 Å². The van der Waals surface area contributed by atoms with Gasteiger partial charge in [0, 0.05) is 21.8 Å². The zero-order valence-corrected chi connectivity index (χ0v) is 11.6. The van der Waals surface area contributed by atoms with Gasteiger partial charge in [-0.3, -0.25) is 4.79 Å². The SMILES string of the molecule is Cc1cc(C(=O)c2ccc(N)cc2Br)c(F)cc1F. The van der Waals surface area contributed by atoms with Crippen LogP contribution in [-0.2, 0) is 0 Å². The maximum absolute atomic E-state index is 13.7. The van der Waals surface area contributed by atoms with Crippen molar-refractivity contribution in [1.82, 2.24) is 0 Å². The Labute approximate surface area is 117 Å². The van der Waals surface area contributed by atoms with Crippen LogP contribution in [0.2, 0.25) is 0 Å². The molecule has 0 radical (unpaired) electrons. The highest BCUT2D eigenvalue weighted by atomic mass is 79.9. The van der Waals surface area contributed by atoms with E-state index >= 15 is 0 Å². The van der Waals surface area contributed by atoms with Crippen molar-refractivity contribution in [2.75, 3.05) is 5.73 Å². The molecule has 0 bridgehead atoms. The molecule has 0 amide bonds. The number of benzene rings is 2. The molecule has 0 aliphatic rings. The highest BCUT2D eigenvalue weighted by Gasteiger charge is 2.18. The molecule has 98 valence electrons. The van der Waals surface area contributed by atoms with Crippen molar-refractivity contribution in [3.8, 4) is 0 Å². The van der Waals surface area contributed by atoms with Gasteiger partial charge in [-0.2, -0.15) is 0 Å². The lowest BCUT2D eigenvalue weighted by molar-refractivity contribution is 0.103. The molecule has 0 atom stereocenters. The summed E-state index contributed by atoms with van der Waals surface area (Å²) >= 11 is 3.21. The van der Waals surface area contributed by atoms with Crippen molar-refractivity contribution < 1.29 is 13.6 Å². The van der Waals surface area contributed by atoms with Crippen LogP contribution in [0.3, 0.4) is 0 Å². The van der Waals surface area contributed by atoms with E-state index in [0.717, 1.165) is 0 Å². The highest BCUT2D eigenvalue weighted by Crippen LogP contribution is 2.24. The summed E-state index contributed by atoms with van der Waals surface area (Å²) in [5.41, 5.74) is 6.39. The van der Waals surface area contributed by atoms with Crippen LogP contribution in [-0.4, -0.2) is 5.78 Å². The van der Waals surface area contributed by atoms with Crippen molar-refractivity contribution in [2.24, 2.45) is 0 Å². The van der Waals surface area contributed by atoms with E-state index in [4.69, 9.17) is 5.73 Å². The van der Waals surface area contributed by atoms with E-state index in [-0.39, 0.29) is 16.7 Å². The summed E-state index contributed by atoms with van der Waals surface area (Å²) in [6.45, 7) is 1.48. The monoisotopic (exact) mass is 325 g/mol. The minimum atomic E-state index is -0.878. The zero-order valence-electron chi connectivity index (χ0n) is 10.0. The maximum atomic E-state index is 13.7. The molecule has 0 saturated heterocycles. The number of rotatable bonds is 2. The van der Waals surface area contributed by atoms with Crippen LogP contribution < -0.4 is 5.73 Å². The summed E-state index contributed by atoms with van der Waals surface area (Å²) < 4.78 is 27.3. The second kappa shape index (κ2) is 5.09. The lowest BCUT2D eigenvalue weighted by Crippen LogP contribution is -2.07. The standard InChI is InChI=1S/C14H10BrF2NO/c1-7-4-10(13(17)6-12(7)16)14(19)9-3-2-8(18)5-11(9)15/h2-6H,18H2,1H3. The number of hydrogen-bond acceptors (Lipinski definition) is 2. The smallest absolute Gasteiger partial charge is 0.197 e. The number of carbonyl (C=O) groups excluding carboxylic acids is 1. The number of carbonyl (C=O) groups is 1. The number of nitrogen functional groups attached to an aromatic ring is 1. The van der Waals surface area contributed by atoms with Gasteiger partial charge in [0.25, 0.3) is 0 Å². The number of aryl methyl sites for hydroxylation is 1. The van der Waals surface area contributed by atoms with Crippen LogP contribution in [0.25, 0.3) is 0 Å². The second-order valence-corrected chi connectivity index (χ2v) is 5.00. The summed E-state index contributed by atoms with van der Waals surface area (Å²) in [7, 11) is 0. The van der Waals surface area contributed by atoms with Gasteiger partial charge >= 0.3 is 0 Å². The Balaban J connectivity index is 2.53. The minimum absolute atomic E-state index is 0.163. The molecule has 0 aliphatic heterocycles. The number of hydrogen-bond donors (Lipinski definition) is 1. The Morgan fingerprint density at radius 1 is 1.11 bits per heavy atom. The Bertz CT molecular complexity index is 671. The van der Waals surface area contributed by atoms with Crippen molar-refractivity contribution in [3.05, 3.63) is 63.1 Å². The summed E-state index contributed by atoms with van der Waals surface area (Å²) in [6, 6.07) is 6.53. The van der Waals surface area contributed by atoms with E-state index in [1.54, 1.807) is 12.1 Å². The second-order valence-electron chi connectivity index (χ2n) is 4.15. The first-order valence-corrected chi connectivity index (χ1v) is 6.25. The van der Waals surface area contributed by atoms with E-state index in [2.05, 4.69) is 15.9 Å². The zero-order chi connectivity index (χ0) is 14.2. The Kier molecular flexibility index (Phi) is 3.66. The van der Waals surface area contributed by atoms with E-state index in [1.165, 1.54) is 19.1 Å². The normalized spacial score (nSPS) is 10.5. The van der Waals surface area contributed by atoms with Crippen LogP contribution in [0.5, 0.6) is 0 Å². The van der Waals surface area contributed by atoms with Gasteiger partial charge in [0.15, 0.2) is 5.78 Å². The molecule has 5 heteroatoms. The summed E-state index contributed by atoms with van der Waals surface area (Å²) in [5.74, 6) is -2.07. The third kappa shape index (κ3) is 2.66. The van der Waals surface area contributed by atoms with Gasteiger partial charge in [-0.15, -0.1) is 0 Å². The Morgan fingerprint density at radius 2 is 1.79 bits per heavy atom. The third-order valence-electron chi connectivity index (χ3n) is 2.73. The van der Waals surface area contributed by atoms with Crippen LogP contribution >= 0.6 is 15.9 Å². The number of halogens is 3. The molecule has 0 fully saturated rings. The fourth-order valence-electron chi connectivity index (χ4n) is 1.69. The van der Waals surface area contributed by atoms with E-state index in [9.17, 15) is 13.6 Å². The van der Waals surface area contributed by atoms with Crippen molar-refractivity contribution >= 4 is 27.4 Å². The molecule has 0 saturated carbocycles. The first-order valence-electron chi connectivity index (χ1n) is 5.45. The Hall–Kier alpha value is -1.75. The molecular weight excluding hydrogens is 316 g/mol. The number of ketones is 1. The first kappa shape index (κ1) is 13.7. The summed E-state index contributed by atoms with van der Waals surface area (Å²) in [4.78, 5) is 12.2. The van der Waals surface area contributed by atoms with Crippen LogP contribution in [0, 0.1) is 18.6 Å². The van der Waals surface area contributed by atoms with E-state index < -0.39 is 17.4 Å². The topological polar surface area (TPSA) is 43.1 Å². The van der Waals surface area contributed by atoms with Gasteiger partial charge in [0.2, 0.25) is 0 Å². The quantitative estimate of drug-likeness (QED) is 0.673. The fraction of sp³-hybridized carbons (Fsp3) is 0.0714. The van der Waals surface area contributed by atoms with Crippen LogP contribution in [0.1, 0.15) is 21.5 Å². The van der Waals surface area contributed by atoms with Gasteiger partial charge in [0.1, 0.15) is 11.6 Å². The van der Waals surface area contributed by atoms with Crippen molar-refractivity contribution in [3.63, 3.8) is 0 Å². The van der Waals surface area contributed by atoms with Crippen molar-refractivity contribution in [1.29, 1.82) is 0 Å². The lowest BCUT2D eigenvalue weighted by Gasteiger charge is -2.07. The van der Waals surface area contributed by atoms with Gasteiger partial charge in [-0.25, -0.2) is 8.78 Å². The van der Waals surface area contributed by atoms with Gasteiger partial charge in [-0.05, 0) is 52.7 Å². The van der Waals surface area contributed by atoms with E-state index in [1.807, 2.05) is 0 Å². The maximum Gasteiger partial charge on any atom is 0.197 e. The van der Waals surface area contributed by atoms with Crippen LogP contribution in [0.15, 0.2) is 34.8 Å². The number of anilines is 1. The molecule has 2 aromatic carbocycles. The predicted octanol–water partition coefficient (Wildman–Crippen LogP) is 3.85. The number of nitrogens with two attached hydrogens (primary N) is 1. The minimum Gasteiger partial charge on any atom is -0.399 e. The third-order valence-corrected chi connectivity index (χ3v) is 3.39. The summed E-state index contributed by atoms with van der Waals surface area (Å²) in [5, 5.41) is 0. The lowest BCUT2D eigenvalue weighted by atomic mass is 10.0. The molecule has 0 spiro atoms. The first-order chi connectivity index (χ1) is 8.90. The van der Waals surface area contributed by atoms with Gasteiger partial charge < -0.3 is 5.73 Å². The molecule has 0 heterocycles. The average Bonchev–Trinajstić information content (AvgIpc) is 2.33. The molecule has 0 unspecified atom stereocenters. The molecular formula is C14H10BrF2NO. The van der Waals surface area contributed by atoms with E-state index in [0.29, 0.717) is 16.2 Å². The molecule has 0 aromatic heterocycles. The van der Waals surface area contributed by atoms with Gasteiger partial charge in [0.05, 0.1) is 5.56 Å². The molecule has 0 aliphatic carbocycles. The average molecular weight is 326 g/mol. The van der Waals surface area contributed by atoms with Gasteiger partial charge in [-0.1, -0.05) is 0 Å². The largest absolute Gasteiger partial charge is 0.399 e. The van der Waals surface area contributed by atoms with Crippen molar-refractivity contribution in [2.45, 2.75) is 6.92 Å². The highest BCUT2D eigenvalue weighted by molar-refractivity contribution is 9.10. The Morgan fingerprint density at radius 3 is 2.42 bits per heavy atom. The molecule has 2 aromatic rings.